The molecule has 0 fully saturated rings. The van der Waals surface area contributed by atoms with Crippen LogP contribution in [0.2, 0.25) is 0 Å². The smallest absolute Gasteiger partial charge is 0.194 e. The molecule has 5 heteroatoms. The Bertz CT molecular complexity index is 3590. The molecule has 0 radical (unpaired) electrons. The number of ketones is 1. The van der Waals surface area contributed by atoms with Gasteiger partial charge in [0.25, 0.3) is 0 Å². The van der Waals surface area contributed by atoms with Crippen molar-refractivity contribution in [2.75, 3.05) is 0 Å². The van der Waals surface area contributed by atoms with Crippen LogP contribution in [0.4, 0.5) is 0 Å². The number of Topliss-reactive ketones (excluding diaryl/α,β-unsaturated/α-hetero) is 1. The quantitative estimate of drug-likeness (QED) is 0.128. The van der Waals surface area contributed by atoms with Gasteiger partial charge in [-0.2, -0.15) is 10.5 Å². The molecule has 0 aliphatic heterocycles. The maximum Gasteiger partial charge on any atom is 0.194 e. The molecule has 3 aliphatic carbocycles. The van der Waals surface area contributed by atoms with E-state index in [0.717, 1.165) is 15.6 Å². The minimum absolute atomic E-state index is 0.0671. The van der Waals surface area contributed by atoms with Crippen LogP contribution >= 0.6 is 22.7 Å². The van der Waals surface area contributed by atoms with Gasteiger partial charge in [0, 0.05) is 31.2 Å². The monoisotopic (exact) mass is 880 g/mol. The van der Waals surface area contributed by atoms with E-state index in [1.165, 1.54) is 87.6 Å². The largest absolute Gasteiger partial charge is 0.289 e. The van der Waals surface area contributed by atoms with Crippen LogP contribution in [0.15, 0.2) is 174 Å². The Morgan fingerprint density at radius 3 is 1.58 bits per heavy atom. The molecule has 3 aliphatic rings. The van der Waals surface area contributed by atoms with Gasteiger partial charge >= 0.3 is 0 Å². The predicted octanol–water partition coefficient (Wildman–Crippen LogP) is 15.0. The molecular formula is C61H40N2OS2. The lowest BCUT2D eigenvalue weighted by Gasteiger charge is -2.36. The van der Waals surface area contributed by atoms with Gasteiger partial charge in [-0.05, 0) is 136 Å². The molecule has 0 atom stereocenters. The van der Waals surface area contributed by atoms with Crippen LogP contribution in [0.25, 0.3) is 42.6 Å². The second-order valence-corrected chi connectivity index (χ2v) is 20.0. The first-order valence-corrected chi connectivity index (χ1v) is 23.9. The van der Waals surface area contributed by atoms with E-state index in [1.807, 2.05) is 35.6 Å². The molecule has 3 nitrogen and oxygen atoms in total. The highest BCUT2D eigenvalue weighted by molar-refractivity contribution is 7.22. The van der Waals surface area contributed by atoms with Crippen LogP contribution < -0.4 is 0 Å². The predicted molar refractivity (Wildman–Crippen MR) is 270 cm³/mol. The summed E-state index contributed by atoms with van der Waals surface area (Å²) in [6, 6.07) is 61.8. The summed E-state index contributed by atoms with van der Waals surface area (Å²) in [7, 11) is 0. The van der Waals surface area contributed by atoms with Gasteiger partial charge in [0.2, 0.25) is 0 Å². The van der Waals surface area contributed by atoms with Crippen molar-refractivity contribution in [1.82, 2.24) is 0 Å². The molecule has 312 valence electrons. The number of hydrogen-bond donors (Lipinski definition) is 0. The molecular weight excluding hydrogens is 841 g/mol. The zero-order chi connectivity index (χ0) is 45.1. The Hall–Kier alpha value is -7.67. The van der Waals surface area contributed by atoms with Crippen molar-refractivity contribution in [1.29, 1.82) is 10.5 Å². The van der Waals surface area contributed by atoms with Crippen LogP contribution in [-0.4, -0.2) is 5.78 Å². The number of nitrogens with zero attached hydrogens (tertiary/aromatic N) is 2. The average molecular weight is 881 g/mol. The Labute approximate surface area is 392 Å². The third-order valence-corrected chi connectivity index (χ3v) is 16.4. The molecule has 0 amide bonds. The zero-order valence-corrected chi connectivity index (χ0v) is 38.4. The summed E-state index contributed by atoms with van der Waals surface area (Å²) >= 11 is 3.63. The van der Waals surface area contributed by atoms with Crippen LogP contribution in [0.3, 0.4) is 0 Å². The third-order valence-electron chi connectivity index (χ3n) is 14.3. The van der Waals surface area contributed by atoms with Gasteiger partial charge in [-0.25, -0.2) is 0 Å². The van der Waals surface area contributed by atoms with Crippen molar-refractivity contribution < 1.29 is 4.79 Å². The number of allylic oxidation sites excluding steroid dienone is 3. The molecule has 0 spiro atoms. The first kappa shape index (κ1) is 39.9. The van der Waals surface area contributed by atoms with Crippen molar-refractivity contribution in [3.8, 4) is 33.0 Å². The van der Waals surface area contributed by atoms with E-state index in [2.05, 4.69) is 179 Å². The number of carbonyl (C=O) groups excluding carboxylic acids is 1. The number of fused-ring (bicyclic) bond motifs is 9. The van der Waals surface area contributed by atoms with Gasteiger partial charge < -0.3 is 0 Å². The lowest BCUT2D eigenvalue weighted by Crippen LogP contribution is -2.30. The van der Waals surface area contributed by atoms with E-state index >= 15 is 0 Å². The van der Waals surface area contributed by atoms with Gasteiger partial charge in [-0.15, -0.1) is 22.7 Å². The molecule has 0 unspecified atom stereocenters. The number of rotatable bonds is 5. The van der Waals surface area contributed by atoms with Gasteiger partial charge in [-0.1, -0.05) is 156 Å². The molecule has 0 N–H and O–H groups in total. The number of aryl methyl sites for hydroxylation is 4. The lowest BCUT2D eigenvalue weighted by molar-refractivity contribution is 0.104. The molecule has 7 aromatic carbocycles. The topological polar surface area (TPSA) is 64.7 Å². The SMILES string of the molecule is Cc1ccc(C2(c3ccc(C)cc3)c3cc4c(cc3-c3sccc32)C(c2ccc(C)cc2)(c2ccc(C)cc2)c2c-4sc3cc(/C=C4\C(=O)c5ccccc5C4=C(C#N)C#N)ccc23)cc1. The van der Waals surface area contributed by atoms with Crippen LogP contribution in [0.5, 0.6) is 0 Å². The molecule has 0 saturated heterocycles. The minimum atomic E-state index is -0.664. The van der Waals surface area contributed by atoms with Crippen molar-refractivity contribution in [3.63, 3.8) is 0 Å². The van der Waals surface area contributed by atoms with Crippen molar-refractivity contribution >= 4 is 50.2 Å². The fraction of sp³-hybridized carbons (Fsp3) is 0.0984. The number of nitriles is 2. The standard InChI is InChI=1S/C61H40N2OS2/c1-35-9-18-41(19-10-35)60(42-20-11-36(2)12-21-42)51-27-28-65-58(51)48-31-53-49(32-52(48)60)59-56(61(53,43-22-13-37(3)14-23-43)44-24-15-38(4)16-25-44)47-26-17-39(30-54(47)66-59)29-50-55(40(33-62)34-63)45-7-5-6-8-46(45)57(50)64/h5-32H,1-4H3/b50-29-. The summed E-state index contributed by atoms with van der Waals surface area (Å²) < 4.78 is 1.10. The molecule has 0 saturated carbocycles. The summed E-state index contributed by atoms with van der Waals surface area (Å²) in [4.78, 5) is 16.6. The molecule has 66 heavy (non-hydrogen) atoms. The van der Waals surface area contributed by atoms with Crippen LogP contribution in [0.1, 0.15) is 88.2 Å². The molecule has 12 rings (SSSR count). The second-order valence-electron chi connectivity index (χ2n) is 18.0. The molecule has 2 aromatic heterocycles. The number of thiophene rings is 2. The third kappa shape index (κ3) is 5.42. The maximum atomic E-state index is 14.0. The highest BCUT2D eigenvalue weighted by Gasteiger charge is 2.53. The highest BCUT2D eigenvalue weighted by Crippen LogP contribution is 2.66. The van der Waals surface area contributed by atoms with Gasteiger partial charge in [-0.3, -0.25) is 4.79 Å². The number of hydrogen-bond acceptors (Lipinski definition) is 5. The van der Waals surface area contributed by atoms with E-state index in [0.29, 0.717) is 22.3 Å². The van der Waals surface area contributed by atoms with E-state index in [-0.39, 0.29) is 11.4 Å². The van der Waals surface area contributed by atoms with E-state index in [9.17, 15) is 15.3 Å². The summed E-state index contributed by atoms with van der Waals surface area (Å²) in [6.07, 6.45) is 1.86. The number of carbonyl (C=O) groups is 1. The van der Waals surface area contributed by atoms with Gasteiger partial charge in [0.05, 0.1) is 10.8 Å². The summed E-state index contributed by atoms with van der Waals surface area (Å²) in [5.74, 6) is -0.183. The van der Waals surface area contributed by atoms with Crippen molar-refractivity contribution in [2.24, 2.45) is 0 Å². The summed E-state index contributed by atoms with van der Waals surface area (Å²) in [6.45, 7) is 8.62. The van der Waals surface area contributed by atoms with Crippen LogP contribution in [-0.2, 0) is 10.8 Å². The first-order chi connectivity index (χ1) is 32.2. The normalized spacial score (nSPS) is 15.2. The van der Waals surface area contributed by atoms with Crippen molar-refractivity contribution in [2.45, 2.75) is 38.5 Å². The van der Waals surface area contributed by atoms with Crippen LogP contribution in [0, 0.1) is 50.4 Å². The Kier molecular flexibility index (Phi) is 8.87. The molecule has 0 bridgehead atoms. The highest BCUT2D eigenvalue weighted by atomic mass is 32.1. The first-order valence-electron chi connectivity index (χ1n) is 22.2. The summed E-state index contributed by atoms with van der Waals surface area (Å²) in [5, 5.41) is 23.5. The minimum Gasteiger partial charge on any atom is -0.289 e. The maximum absolute atomic E-state index is 14.0. The van der Waals surface area contributed by atoms with E-state index in [1.54, 1.807) is 17.4 Å². The Morgan fingerprint density at radius 2 is 1.03 bits per heavy atom. The second kappa shape index (κ2) is 14.7. The Morgan fingerprint density at radius 1 is 0.530 bits per heavy atom. The summed E-state index contributed by atoms with van der Waals surface area (Å²) in [5.41, 5.74) is 18.9. The zero-order valence-electron chi connectivity index (χ0n) is 36.8. The van der Waals surface area contributed by atoms with Crippen molar-refractivity contribution in [3.05, 3.63) is 258 Å². The van der Waals surface area contributed by atoms with Gasteiger partial charge in [0.15, 0.2) is 5.78 Å². The van der Waals surface area contributed by atoms with E-state index in [4.69, 9.17) is 0 Å². The average Bonchev–Trinajstić information content (AvgIpc) is 4.14. The lowest BCUT2D eigenvalue weighted by atomic mass is 9.65. The fourth-order valence-corrected chi connectivity index (χ4v) is 13.6. The van der Waals surface area contributed by atoms with Gasteiger partial charge in [0.1, 0.15) is 17.7 Å². The Balaban J connectivity index is 1.17. The molecule has 2 heterocycles. The number of benzene rings is 7. The van der Waals surface area contributed by atoms with E-state index < -0.39 is 10.8 Å². The molecule has 9 aromatic rings. The fourth-order valence-electron chi connectivity index (χ4n) is 11.2.